The Morgan fingerprint density at radius 1 is 1.18 bits per heavy atom. The number of hydrogen-bond donors (Lipinski definition) is 2. The molecule has 0 spiro atoms. The standard InChI is InChI=1S/C23H20Cl2N4O4S/c1-33-29-21-14(12-17(22(29)31)20-18(24)4-2-5-19(20)25)13-26-23(28-21)27-15-6-8-16(9-7-15)34(32)11-3-10-30/h2,4-9,12-13,30H,3,10-11H2,1H3,(H,26,27,28). The number of halogens is 2. The molecule has 0 amide bonds. The minimum atomic E-state index is -1.18. The van der Waals surface area contributed by atoms with Crippen molar-refractivity contribution in [2.75, 3.05) is 24.8 Å². The summed E-state index contributed by atoms with van der Waals surface area (Å²) >= 11 is 11.4. The molecule has 0 fully saturated rings. The van der Waals surface area contributed by atoms with Crippen LogP contribution in [-0.2, 0) is 11.2 Å². The molecule has 0 saturated carbocycles. The van der Waals surface area contributed by atoms with Crippen LogP contribution in [0.1, 0.15) is 6.42 Å². The van der Waals surface area contributed by atoms with E-state index in [-0.39, 0.29) is 23.8 Å². The van der Waals surface area contributed by atoms with Crippen LogP contribution in [0, 0.1) is 0 Å². The summed E-state index contributed by atoms with van der Waals surface area (Å²) in [5.41, 5.74) is 1.14. The van der Waals surface area contributed by atoms with E-state index in [1.54, 1.807) is 54.7 Å². The van der Waals surface area contributed by atoms with Gasteiger partial charge in [0.25, 0.3) is 5.56 Å². The zero-order chi connectivity index (χ0) is 24.2. The highest BCUT2D eigenvalue weighted by atomic mass is 35.5. The number of benzene rings is 2. The molecule has 0 saturated heterocycles. The van der Waals surface area contributed by atoms with Gasteiger partial charge in [0.1, 0.15) is 12.9 Å². The Labute approximate surface area is 208 Å². The first-order chi connectivity index (χ1) is 16.4. The average Bonchev–Trinajstić information content (AvgIpc) is 2.83. The van der Waals surface area contributed by atoms with Gasteiger partial charge in [-0.3, -0.25) is 4.79 Å². The van der Waals surface area contributed by atoms with Gasteiger partial charge >= 0.3 is 0 Å². The normalized spacial score (nSPS) is 12.0. The van der Waals surface area contributed by atoms with Crippen LogP contribution in [-0.4, -0.2) is 43.8 Å². The molecule has 1 atom stereocenters. The molecule has 0 aliphatic heterocycles. The highest BCUT2D eigenvalue weighted by Crippen LogP contribution is 2.33. The van der Waals surface area contributed by atoms with Crippen molar-refractivity contribution < 1.29 is 14.5 Å². The summed E-state index contributed by atoms with van der Waals surface area (Å²) in [5.74, 6) is 0.642. The van der Waals surface area contributed by atoms with E-state index in [2.05, 4.69) is 15.3 Å². The number of fused-ring (bicyclic) bond motifs is 1. The lowest BCUT2D eigenvalue weighted by Crippen LogP contribution is -2.27. The smallest absolute Gasteiger partial charge is 0.293 e. The van der Waals surface area contributed by atoms with Gasteiger partial charge in [-0.05, 0) is 53.6 Å². The Hall–Kier alpha value is -2.82. The number of anilines is 2. The van der Waals surface area contributed by atoms with E-state index >= 15 is 0 Å². The topological polar surface area (TPSA) is 112 Å². The van der Waals surface area contributed by atoms with E-state index in [1.807, 2.05) is 0 Å². The lowest BCUT2D eigenvalue weighted by molar-refractivity contribution is 0.168. The van der Waals surface area contributed by atoms with E-state index in [0.29, 0.717) is 43.8 Å². The van der Waals surface area contributed by atoms with Crippen molar-refractivity contribution in [3.8, 4) is 11.1 Å². The average molecular weight is 519 g/mol. The maximum absolute atomic E-state index is 13.2. The minimum Gasteiger partial charge on any atom is -0.611 e. The van der Waals surface area contributed by atoms with Gasteiger partial charge in [-0.1, -0.05) is 29.3 Å². The Bertz CT molecular complexity index is 1360. The summed E-state index contributed by atoms with van der Waals surface area (Å²) in [7, 11) is 1.36. The molecular weight excluding hydrogens is 499 g/mol. The molecule has 8 nitrogen and oxygen atoms in total. The van der Waals surface area contributed by atoms with Gasteiger partial charge < -0.3 is 19.8 Å². The summed E-state index contributed by atoms with van der Waals surface area (Å²) in [6.45, 7) is 0.00412. The number of rotatable bonds is 8. The van der Waals surface area contributed by atoms with E-state index < -0.39 is 16.7 Å². The number of aromatic nitrogens is 3. The zero-order valence-corrected chi connectivity index (χ0v) is 20.3. The monoisotopic (exact) mass is 518 g/mol. The number of hydrogen-bond acceptors (Lipinski definition) is 7. The summed E-state index contributed by atoms with van der Waals surface area (Å²) < 4.78 is 13.2. The van der Waals surface area contributed by atoms with Gasteiger partial charge in [0.2, 0.25) is 5.95 Å². The third kappa shape index (κ3) is 4.98. The molecule has 2 heterocycles. The van der Waals surface area contributed by atoms with Crippen LogP contribution in [0.3, 0.4) is 0 Å². The second-order valence-corrected chi connectivity index (χ2v) is 9.57. The summed E-state index contributed by atoms with van der Waals surface area (Å²) in [4.78, 5) is 27.9. The lowest BCUT2D eigenvalue weighted by Gasteiger charge is -2.13. The van der Waals surface area contributed by atoms with Crippen LogP contribution in [0.2, 0.25) is 10.0 Å². The molecule has 1 unspecified atom stereocenters. The molecular formula is C23H20Cl2N4O4S. The van der Waals surface area contributed by atoms with E-state index in [1.165, 1.54) is 7.11 Å². The summed E-state index contributed by atoms with van der Waals surface area (Å²) in [6.07, 6.45) is 2.04. The number of aliphatic hydroxyl groups is 1. The van der Waals surface area contributed by atoms with Crippen LogP contribution in [0.15, 0.2) is 64.4 Å². The largest absolute Gasteiger partial charge is 0.611 e. The van der Waals surface area contributed by atoms with Crippen LogP contribution in [0.5, 0.6) is 0 Å². The SMILES string of the molecule is COn1c(=O)c(-c2c(Cl)cccc2Cl)cc2cnc(Nc3ccc([S+]([O-])CCCO)cc3)nc21. The van der Waals surface area contributed by atoms with Crippen LogP contribution in [0.25, 0.3) is 22.2 Å². The fourth-order valence-corrected chi connectivity index (χ4v) is 5.03. The quantitative estimate of drug-likeness (QED) is 0.338. The molecule has 11 heteroatoms. The van der Waals surface area contributed by atoms with E-state index in [4.69, 9.17) is 33.1 Å². The molecule has 2 aromatic carbocycles. The van der Waals surface area contributed by atoms with Crippen molar-refractivity contribution in [3.05, 3.63) is 75.1 Å². The minimum absolute atomic E-state index is 0.00412. The van der Waals surface area contributed by atoms with Gasteiger partial charge in [0, 0.05) is 35.9 Å². The molecule has 0 bridgehead atoms. The summed E-state index contributed by atoms with van der Waals surface area (Å²) in [6, 6.07) is 13.6. The lowest BCUT2D eigenvalue weighted by atomic mass is 10.1. The van der Waals surface area contributed by atoms with Gasteiger partial charge in [0.15, 0.2) is 10.5 Å². The Kier molecular flexibility index (Phi) is 7.60. The van der Waals surface area contributed by atoms with Crippen molar-refractivity contribution in [1.82, 2.24) is 14.7 Å². The highest BCUT2D eigenvalue weighted by molar-refractivity contribution is 7.91. The van der Waals surface area contributed by atoms with E-state index in [9.17, 15) is 9.35 Å². The molecule has 2 N–H and O–H groups in total. The van der Waals surface area contributed by atoms with Gasteiger partial charge in [-0.2, -0.15) is 4.98 Å². The first-order valence-electron chi connectivity index (χ1n) is 10.2. The third-order valence-electron chi connectivity index (χ3n) is 4.98. The molecule has 0 aliphatic rings. The van der Waals surface area contributed by atoms with E-state index in [0.717, 1.165) is 4.73 Å². The first kappa shape index (κ1) is 24.3. The number of aliphatic hydroxyl groups excluding tert-OH is 1. The second kappa shape index (κ2) is 10.6. The van der Waals surface area contributed by atoms with Crippen molar-refractivity contribution in [2.45, 2.75) is 11.3 Å². The number of nitrogens with one attached hydrogen (secondary N) is 1. The van der Waals surface area contributed by atoms with Crippen LogP contribution >= 0.6 is 23.2 Å². The molecule has 4 aromatic rings. The number of pyridine rings is 1. The Morgan fingerprint density at radius 3 is 2.53 bits per heavy atom. The van der Waals surface area contributed by atoms with Gasteiger partial charge in [-0.25, -0.2) is 4.98 Å². The fraction of sp³-hybridized carbons (Fsp3) is 0.174. The van der Waals surface area contributed by atoms with Crippen LogP contribution in [0.4, 0.5) is 11.6 Å². The maximum Gasteiger partial charge on any atom is 0.293 e. The van der Waals surface area contributed by atoms with Crippen molar-refractivity contribution in [2.24, 2.45) is 0 Å². The first-order valence-corrected chi connectivity index (χ1v) is 12.3. The maximum atomic E-state index is 13.2. The predicted molar refractivity (Wildman–Crippen MR) is 134 cm³/mol. The Balaban J connectivity index is 1.68. The zero-order valence-electron chi connectivity index (χ0n) is 18.0. The van der Waals surface area contributed by atoms with Crippen molar-refractivity contribution in [3.63, 3.8) is 0 Å². The second-order valence-electron chi connectivity index (χ2n) is 7.19. The predicted octanol–water partition coefficient (Wildman–Crippen LogP) is 4.06. The molecule has 4 rings (SSSR count). The highest BCUT2D eigenvalue weighted by Gasteiger charge is 2.18. The molecule has 34 heavy (non-hydrogen) atoms. The molecule has 2 aromatic heterocycles. The van der Waals surface area contributed by atoms with Crippen molar-refractivity contribution >= 4 is 57.0 Å². The summed E-state index contributed by atoms with van der Waals surface area (Å²) in [5, 5.41) is 13.2. The van der Waals surface area contributed by atoms with Gasteiger partial charge in [-0.15, -0.1) is 4.73 Å². The van der Waals surface area contributed by atoms with Crippen molar-refractivity contribution in [1.29, 1.82) is 0 Å². The number of nitrogens with zero attached hydrogens (tertiary/aromatic N) is 3. The molecule has 176 valence electrons. The van der Waals surface area contributed by atoms with Gasteiger partial charge in [0.05, 0.1) is 15.6 Å². The Morgan fingerprint density at radius 2 is 1.88 bits per heavy atom. The fourth-order valence-electron chi connectivity index (χ4n) is 3.37. The molecule has 0 aliphatic carbocycles. The van der Waals surface area contributed by atoms with Crippen LogP contribution < -0.4 is 15.7 Å². The molecule has 0 radical (unpaired) electrons. The third-order valence-corrected chi connectivity index (χ3v) is 7.07.